The number of carbonyl (C=O) groups is 1. The average molecular weight is 523 g/mol. The molecule has 0 amide bonds. The molecule has 0 fully saturated rings. The van der Waals surface area contributed by atoms with Crippen LogP contribution >= 0.6 is 0 Å². The monoisotopic (exact) mass is 522 g/mol. The fourth-order valence-corrected chi connectivity index (χ4v) is 5.92. The Labute approximate surface area is 221 Å². The number of halogens is 3. The van der Waals surface area contributed by atoms with E-state index in [0.29, 0.717) is 18.4 Å². The molecule has 6 heteroatoms. The smallest absolute Gasteiger partial charge is 0.394 e. The van der Waals surface area contributed by atoms with Gasteiger partial charge in [-0.2, -0.15) is 13.2 Å². The molecule has 208 valence electrons. The standard InChI is InChI=1S/C31H45F3O3/c1-9-10-11-12-15-28(2,3)21-17-25(36-8)27-22-16-20(24(35)19-29(4,5)31(32,33)34)13-14-23(22)30(6,7)37-26(27)18-21/h13,17-18,22-23H,9-12,14-16,19H2,1-8H3/t22-,23-/m1/s1. The van der Waals surface area contributed by atoms with Crippen molar-refractivity contribution in [2.75, 3.05) is 7.11 Å². The lowest BCUT2D eigenvalue weighted by Gasteiger charge is -2.47. The van der Waals surface area contributed by atoms with E-state index in [1.807, 2.05) is 6.08 Å². The molecule has 1 heterocycles. The molecule has 0 N–H and O–H groups in total. The lowest BCUT2D eigenvalue weighted by atomic mass is 9.65. The van der Waals surface area contributed by atoms with Crippen molar-refractivity contribution in [3.05, 3.63) is 34.9 Å². The first kappa shape index (κ1) is 29.6. The number of carbonyl (C=O) groups excluding carboxylic acids is 1. The van der Waals surface area contributed by atoms with E-state index in [1.165, 1.54) is 19.3 Å². The van der Waals surface area contributed by atoms with Crippen LogP contribution in [0.25, 0.3) is 0 Å². The quantitative estimate of drug-likeness (QED) is 0.288. The van der Waals surface area contributed by atoms with Crippen molar-refractivity contribution in [1.82, 2.24) is 0 Å². The van der Waals surface area contributed by atoms with Gasteiger partial charge in [-0.3, -0.25) is 4.79 Å². The molecular formula is C31H45F3O3. The molecule has 0 saturated carbocycles. The number of fused-ring (bicyclic) bond motifs is 3. The highest BCUT2D eigenvalue weighted by Gasteiger charge is 2.50. The van der Waals surface area contributed by atoms with Crippen LogP contribution in [-0.2, 0) is 10.2 Å². The Morgan fingerprint density at radius 1 is 1.11 bits per heavy atom. The number of hydrogen-bond acceptors (Lipinski definition) is 3. The molecule has 1 aliphatic heterocycles. The molecule has 0 aromatic heterocycles. The Bertz CT molecular complexity index is 1020. The zero-order valence-corrected chi connectivity index (χ0v) is 23.9. The summed E-state index contributed by atoms with van der Waals surface area (Å²) in [4.78, 5) is 13.1. The zero-order chi connectivity index (χ0) is 27.8. The number of methoxy groups -OCH3 is 1. The van der Waals surface area contributed by atoms with Gasteiger partial charge in [0.05, 0.1) is 12.5 Å². The molecule has 0 bridgehead atoms. The van der Waals surface area contributed by atoms with E-state index in [2.05, 4.69) is 46.8 Å². The highest BCUT2D eigenvalue weighted by atomic mass is 19.4. The molecular weight excluding hydrogens is 477 g/mol. The number of unbranched alkanes of at least 4 members (excludes halogenated alkanes) is 3. The van der Waals surface area contributed by atoms with Crippen molar-refractivity contribution >= 4 is 5.78 Å². The number of rotatable bonds is 10. The van der Waals surface area contributed by atoms with E-state index in [-0.39, 0.29) is 17.3 Å². The minimum atomic E-state index is -4.43. The summed E-state index contributed by atoms with van der Waals surface area (Å²) in [5, 5.41) is 0. The van der Waals surface area contributed by atoms with Gasteiger partial charge >= 0.3 is 6.18 Å². The summed E-state index contributed by atoms with van der Waals surface area (Å²) >= 11 is 0. The average Bonchev–Trinajstić information content (AvgIpc) is 2.79. The maximum absolute atomic E-state index is 13.5. The van der Waals surface area contributed by atoms with Crippen LogP contribution in [0.15, 0.2) is 23.8 Å². The number of alkyl halides is 3. The second-order valence-electron chi connectivity index (χ2n) is 12.9. The highest BCUT2D eigenvalue weighted by molar-refractivity contribution is 5.96. The van der Waals surface area contributed by atoms with Gasteiger partial charge in [0.1, 0.15) is 17.1 Å². The molecule has 0 spiro atoms. The van der Waals surface area contributed by atoms with Gasteiger partial charge in [0.15, 0.2) is 5.78 Å². The summed E-state index contributed by atoms with van der Waals surface area (Å²) < 4.78 is 52.9. The number of hydrogen-bond donors (Lipinski definition) is 0. The molecule has 37 heavy (non-hydrogen) atoms. The summed E-state index contributed by atoms with van der Waals surface area (Å²) in [6.45, 7) is 13.0. The van der Waals surface area contributed by atoms with Gasteiger partial charge in [0.2, 0.25) is 0 Å². The Balaban J connectivity index is 1.95. The lowest BCUT2D eigenvalue weighted by Crippen LogP contribution is -2.46. The van der Waals surface area contributed by atoms with Gasteiger partial charge < -0.3 is 9.47 Å². The minimum absolute atomic E-state index is 0.0584. The summed E-state index contributed by atoms with van der Waals surface area (Å²) in [5.41, 5.74) is -0.0249. The van der Waals surface area contributed by atoms with Crippen molar-refractivity contribution in [1.29, 1.82) is 0 Å². The summed E-state index contributed by atoms with van der Waals surface area (Å²) in [6.07, 6.45) is 3.69. The van der Waals surface area contributed by atoms with E-state index in [9.17, 15) is 18.0 Å². The molecule has 1 aromatic carbocycles. The number of ketones is 1. The van der Waals surface area contributed by atoms with Crippen LogP contribution < -0.4 is 9.47 Å². The van der Waals surface area contributed by atoms with E-state index in [1.54, 1.807) is 7.11 Å². The molecule has 2 atom stereocenters. The fraction of sp³-hybridized carbons (Fsp3) is 0.710. The maximum Gasteiger partial charge on any atom is 0.394 e. The lowest BCUT2D eigenvalue weighted by molar-refractivity contribution is -0.213. The zero-order valence-electron chi connectivity index (χ0n) is 23.9. The second-order valence-corrected chi connectivity index (χ2v) is 12.9. The van der Waals surface area contributed by atoms with Crippen LogP contribution in [0, 0.1) is 11.3 Å². The van der Waals surface area contributed by atoms with Crippen molar-refractivity contribution in [2.24, 2.45) is 11.3 Å². The van der Waals surface area contributed by atoms with Crippen LogP contribution in [0.1, 0.15) is 117 Å². The molecule has 2 aliphatic rings. The van der Waals surface area contributed by atoms with Crippen LogP contribution in [0.3, 0.4) is 0 Å². The number of Topliss-reactive ketones (excluding diaryl/α,β-unsaturated/α-hetero) is 1. The molecule has 0 unspecified atom stereocenters. The SMILES string of the molecule is CCCCCCC(C)(C)c1cc(OC)c2c(c1)OC(C)(C)[C@@H]1CC=C(C(=O)CC(C)(C)C(F)(F)F)C[C@@H]21. The predicted octanol–water partition coefficient (Wildman–Crippen LogP) is 9.08. The molecule has 3 rings (SSSR count). The fourth-order valence-electron chi connectivity index (χ4n) is 5.92. The third-order valence-corrected chi connectivity index (χ3v) is 8.67. The summed E-state index contributed by atoms with van der Waals surface area (Å²) in [7, 11) is 1.65. The first-order chi connectivity index (χ1) is 17.0. The third kappa shape index (κ3) is 6.20. The molecule has 0 saturated heterocycles. The van der Waals surface area contributed by atoms with Crippen molar-refractivity contribution in [2.45, 2.75) is 123 Å². The van der Waals surface area contributed by atoms with Crippen LogP contribution in [-0.4, -0.2) is 24.7 Å². The Morgan fingerprint density at radius 2 is 1.78 bits per heavy atom. The number of allylic oxidation sites excluding steroid dienone is 2. The van der Waals surface area contributed by atoms with Crippen LogP contribution in [0.2, 0.25) is 0 Å². The highest BCUT2D eigenvalue weighted by Crippen LogP contribution is 2.55. The largest absolute Gasteiger partial charge is 0.496 e. The predicted molar refractivity (Wildman–Crippen MR) is 142 cm³/mol. The first-order valence-corrected chi connectivity index (χ1v) is 13.7. The topological polar surface area (TPSA) is 35.5 Å². The molecule has 1 aliphatic carbocycles. The molecule has 3 nitrogen and oxygen atoms in total. The third-order valence-electron chi connectivity index (χ3n) is 8.67. The van der Waals surface area contributed by atoms with Crippen molar-refractivity contribution < 1.29 is 27.4 Å². The van der Waals surface area contributed by atoms with Crippen LogP contribution in [0.5, 0.6) is 11.5 Å². The first-order valence-electron chi connectivity index (χ1n) is 13.7. The second kappa shape index (κ2) is 10.6. The van der Waals surface area contributed by atoms with E-state index in [4.69, 9.17) is 9.47 Å². The van der Waals surface area contributed by atoms with Crippen molar-refractivity contribution in [3.63, 3.8) is 0 Å². The number of benzene rings is 1. The Kier molecular flexibility index (Phi) is 8.51. The van der Waals surface area contributed by atoms with Crippen LogP contribution in [0.4, 0.5) is 13.2 Å². The Hall–Kier alpha value is -1.98. The minimum Gasteiger partial charge on any atom is -0.496 e. The molecule has 0 radical (unpaired) electrons. The van der Waals surface area contributed by atoms with Gasteiger partial charge in [-0.05, 0) is 61.8 Å². The summed E-state index contributed by atoms with van der Waals surface area (Å²) in [5.74, 6) is 1.12. The molecule has 1 aromatic rings. The van der Waals surface area contributed by atoms with E-state index in [0.717, 1.165) is 49.3 Å². The Morgan fingerprint density at radius 3 is 2.38 bits per heavy atom. The van der Waals surface area contributed by atoms with E-state index >= 15 is 0 Å². The maximum atomic E-state index is 13.5. The summed E-state index contributed by atoms with van der Waals surface area (Å²) in [6, 6.07) is 4.23. The van der Waals surface area contributed by atoms with Gasteiger partial charge in [-0.25, -0.2) is 0 Å². The van der Waals surface area contributed by atoms with E-state index < -0.39 is 29.4 Å². The number of ether oxygens (including phenoxy) is 2. The van der Waals surface area contributed by atoms with Gasteiger partial charge in [0, 0.05) is 23.8 Å². The van der Waals surface area contributed by atoms with Crippen molar-refractivity contribution in [3.8, 4) is 11.5 Å². The van der Waals surface area contributed by atoms with Gasteiger partial charge in [-0.1, -0.05) is 66.4 Å². The van der Waals surface area contributed by atoms with Gasteiger partial charge in [0.25, 0.3) is 0 Å². The van der Waals surface area contributed by atoms with Gasteiger partial charge in [-0.15, -0.1) is 0 Å². The normalized spacial score (nSPS) is 21.4.